The van der Waals surface area contributed by atoms with Gasteiger partial charge in [0.2, 0.25) is 15.9 Å². The van der Waals surface area contributed by atoms with Crippen molar-refractivity contribution < 1.29 is 17.9 Å². The maximum absolute atomic E-state index is 12.3. The van der Waals surface area contributed by atoms with Crippen LogP contribution in [0, 0.1) is 11.3 Å². The molecule has 0 amide bonds. The van der Waals surface area contributed by atoms with Gasteiger partial charge in [0.25, 0.3) is 0 Å². The van der Waals surface area contributed by atoms with Crippen LogP contribution < -0.4 is 14.2 Å². The number of rotatable bonds is 5. The van der Waals surface area contributed by atoms with Crippen molar-refractivity contribution in [3.63, 3.8) is 0 Å². The molecule has 2 aromatic rings. The normalized spacial score (nSPS) is 11.6. The standard InChI is InChI=1S/C17H19N3O4S/c1-17(2,3)20-25(21,22)13-7-5-12(6-8-13)24-16-14(11-18)15(23-4)9-10-19-16/h5-10,20H,1-4H3. The second kappa shape index (κ2) is 7.09. The number of nitrogens with one attached hydrogen (secondary N) is 1. The van der Waals surface area contributed by atoms with Gasteiger partial charge in [-0.05, 0) is 45.0 Å². The topological polar surface area (TPSA) is 101 Å². The fraction of sp³-hybridized carbons (Fsp3) is 0.294. The lowest BCUT2D eigenvalue weighted by Crippen LogP contribution is -2.40. The summed E-state index contributed by atoms with van der Waals surface area (Å²) in [4.78, 5) is 4.14. The summed E-state index contributed by atoms with van der Waals surface area (Å²) in [6, 6.07) is 9.38. The van der Waals surface area contributed by atoms with Crippen LogP contribution in [0.4, 0.5) is 0 Å². The molecule has 0 radical (unpaired) electrons. The summed E-state index contributed by atoms with van der Waals surface area (Å²) in [7, 11) is -2.18. The highest BCUT2D eigenvalue weighted by atomic mass is 32.2. The monoisotopic (exact) mass is 361 g/mol. The van der Waals surface area contributed by atoms with Gasteiger partial charge in [0.15, 0.2) is 5.56 Å². The van der Waals surface area contributed by atoms with E-state index in [0.29, 0.717) is 11.5 Å². The molecule has 25 heavy (non-hydrogen) atoms. The average molecular weight is 361 g/mol. The lowest BCUT2D eigenvalue weighted by Gasteiger charge is -2.20. The van der Waals surface area contributed by atoms with Gasteiger partial charge in [-0.1, -0.05) is 0 Å². The van der Waals surface area contributed by atoms with Crippen LogP contribution in [0.25, 0.3) is 0 Å². The molecule has 2 rings (SSSR count). The van der Waals surface area contributed by atoms with Crippen molar-refractivity contribution in [2.45, 2.75) is 31.2 Å². The average Bonchev–Trinajstić information content (AvgIpc) is 2.53. The van der Waals surface area contributed by atoms with Gasteiger partial charge in [0.05, 0.1) is 12.0 Å². The first-order valence-corrected chi connectivity index (χ1v) is 8.89. The second-order valence-electron chi connectivity index (χ2n) is 6.23. The molecular formula is C17H19N3O4S. The Bertz CT molecular complexity index is 895. The van der Waals surface area contributed by atoms with Crippen molar-refractivity contribution in [1.29, 1.82) is 5.26 Å². The Kier molecular flexibility index (Phi) is 5.30. The van der Waals surface area contributed by atoms with E-state index < -0.39 is 15.6 Å². The van der Waals surface area contributed by atoms with Gasteiger partial charge in [0.1, 0.15) is 17.6 Å². The molecule has 0 fully saturated rings. The van der Waals surface area contributed by atoms with Crippen molar-refractivity contribution in [3.05, 3.63) is 42.1 Å². The first kappa shape index (κ1) is 18.7. The minimum atomic E-state index is -3.62. The molecule has 132 valence electrons. The van der Waals surface area contributed by atoms with E-state index >= 15 is 0 Å². The third-order valence-electron chi connectivity index (χ3n) is 3.00. The summed E-state index contributed by atoms with van der Waals surface area (Å²) in [5.41, 5.74) is -0.420. The minimum Gasteiger partial charge on any atom is -0.495 e. The summed E-state index contributed by atoms with van der Waals surface area (Å²) in [6.07, 6.45) is 1.46. The first-order chi connectivity index (χ1) is 11.7. The zero-order chi connectivity index (χ0) is 18.7. The molecule has 1 aromatic heterocycles. The van der Waals surface area contributed by atoms with Gasteiger partial charge in [-0.25, -0.2) is 18.1 Å². The zero-order valence-corrected chi connectivity index (χ0v) is 15.2. The maximum atomic E-state index is 12.3. The Morgan fingerprint density at radius 2 is 1.80 bits per heavy atom. The van der Waals surface area contributed by atoms with Crippen LogP contribution in [0.1, 0.15) is 26.3 Å². The van der Waals surface area contributed by atoms with Crippen LogP contribution in [-0.4, -0.2) is 26.1 Å². The molecule has 1 aromatic carbocycles. The third kappa shape index (κ3) is 4.68. The number of ether oxygens (including phenoxy) is 2. The summed E-state index contributed by atoms with van der Waals surface area (Å²) in [5, 5.41) is 9.23. The van der Waals surface area contributed by atoms with Crippen molar-refractivity contribution in [1.82, 2.24) is 9.71 Å². The molecule has 1 N–H and O–H groups in total. The first-order valence-electron chi connectivity index (χ1n) is 7.41. The van der Waals surface area contributed by atoms with Crippen LogP contribution >= 0.6 is 0 Å². The predicted octanol–water partition coefficient (Wildman–Crippen LogP) is 2.83. The smallest absolute Gasteiger partial charge is 0.241 e. The molecular weight excluding hydrogens is 342 g/mol. The van der Waals surface area contributed by atoms with E-state index in [0.717, 1.165) is 0 Å². The van der Waals surface area contributed by atoms with Crippen molar-refractivity contribution in [2.24, 2.45) is 0 Å². The SMILES string of the molecule is COc1ccnc(Oc2ccc(S(=O)(=O)NC(C)(C)C)cc2)c1C#N. The van der Waals surface area contributed by atoms with E-state index in [-0.39, 0.29) is 16.3 Å². The maximum Gasteiger partial charge on any atom is 0.241 e. The van der Waals surface area contributed by atoms with E-state index in [9.17, 15) is 13.7 Å². The molecule has 1 heterocycles. The largest absolute Gasteiger partial charge is 0.495 e. The molecule has 0 aliphatic heterocycles. The Balaban J connectivity index is 2.27. The fourth-order valence-corrected chi connectivity index (χ4v) is 3.46. The number of nitriles is 1. The lowest BCUT2D eigenvalue weighted by molar-refractivity contribution is 0.403. The van der Waals surface area contributed by atoms with Gasteiger partial charge in [-0.15, -0.1) is 0 Å². The molecule has 0 bridgehead atoms. The van der Waals surface area contributed by atoms with Crippen molar-refractivity contribution >= 4 is 10.0 Å². The minimum absolute atomic E-state index is 0.0882. The summed E-state index contributed by atoms with van der Waals surface area (Å²) in [5.74, 6) is 0.790. The van der Waals surface area contributed by atoms with Gasteiger partial charge < -0.3 is 9.47 Å². The van der Waals surface area contributed by atoms with Crippen LogP contribution in [-0.2, 0) is 10.0 Å². The highest BCUT2D eigenvalue weighted by molar-refractivity contribution is 7.89. The van der Waals surface area contributed by atoms with Crippen LogP contribution in [0.2, 0.25) is 0 Å². The molecule has 0 saturated heterocycles. The predicted molar refractivity (Wildman–Crippen MR) is 92.1 cm³/mol. The zero-order valence-electron chi connectivity index (χ0n) is 14.4. The number of sulfonamides is 1. The fourth-order valence-electron chi connectivity index (χ4n) is 2.04. The Morgan fingerprint density at radius 3 is 2.32 bits per heavy atom. The summed E-state index contributed by atoms with van der Waals surface area (Å²) < 4.78 is 37.8. The lowest BCUT2D eigenvalue weighted by atomic mass is 10.1. The summed E-state index contributed by atoms with van der Waals surface area (Å²) >= 11 is 0. The Hall–Kier alpha value is -2.63. The van der Waals surface area contributed by atoms with Crippen LogP contribution in [0.5, 0.6) is 17.4 Å². The van der Waals surface area contributed by atoms with Crippen molar-refractivity contribution in [2.75, 3.05) is 7.11 Å². The molecule has 0 saturated carbocycles. The quantitative estimate of drug-likeness (QED) is 0.879. The van der Waals surface area contributed by atoms with E-state index in [1.54, 1.807) is 26.8 Å². The van der Waals surface area contributed by atoms with E-state index in [1.165, 1.54) is 37.6 Å². The van der Waals surface area contributed by atoms with Crippen LogP contribution in [0.15, 0.2) is 41.4 Å². The number of hydrogen-bond donors (Lipinski definition) is 1. The van der Waals surface area contributed by atoms with Gasteiger partial charge in [0, 0.05) is 17.8 Å². The molecule has 7 nitrogen and oxygen atoms in total. The number of nitrogens with zero attached hydrogens (tertiary/aromatic N) is 2. The van der Waals surface area contributed by atoms with Gasteiger partial charge in [-0.2, -0.15) is 5.26 Å². The summed E-state index contributed by atoms with van der Waals surface area (Å²) in [6.45, 7) is 5.29. The highest BCUT2D eigenvalue weighted by Gasteiger charge is 2.22. The number of aromatic nitrogens is 1. The number of pyridine rings is 1. The second-order valence-corrected chi connectivity index (χ2v) is 7.92. The van der Waals surface area contributed by atoms with E-state index in [2.05, 4.69) is 9.71 Å². The van der Waals surface area contributed by atoms with Gasteiger partial charge >= 0.3 is 0 Å². The van der Waals surface area contributed by atoms with Gasteiger partial charge in [-0.3, -0.25) is 0 Å². The van der Waals surface area contributed by atoms with E-state index in [4.69, 9.17) is 9.47 Å². The molecule has 0 spiro atoms. The molecule has 0 unspecified atom stereocenters. The molecule has 8 heteroatoms. The molecule has 0 aliphatic carbocycles. The Labute approximate surface area is 147 Å². The highest BCUT2D eigenvalue weighted by Crippen LogP contribution is 2.29. The van der Waals surface area contributed by atoms with Crippen LogP contribution in [0.3, 0.4) is 0 Å². The number of methoxy groups -OCH3 is 1. The molecule has 0 atom stereocenters. The van der Waals surface area contributed by atoms with E-state index in [1.807, 2.05) is 6.07 Å². The number of benzene rings is 1. The number of hydrogen-bond acceptors (Lipinski definition) is 6. The molecule has 0 aliphatic rings. The Morgan fingerprint density at radius 1 is 1.16 bits per heavy atom. The van der Waals surface area contributed by atoms with Crippen molar-refractivity contribution in [3.8, 4) is 23.4 Å². The third-order valence-corrected chi connectivity index (χ3v) is 4.77.